The van der Waals surface area contributed by atoms with Crippen LogP contribution in [0.25, 0.3) is 0 Å². The average molecular weight is 761 g/mol. The van der Waals surface area contributed by atoms with Gasteiger partial charge < -0.3 is 24.4 Å². The highest BCUT2D eigenvalue weighted by molar-refractivity contribution is 6.22. The minimum atomic E-state index is -1.99. The summed E-state index contributed by atoms with van der Waals surface area (Å²) in [6.07, 6.45) is -0.106. The van der Waals surface area contributed by atoms with Gasteiger partial charge in [-0.15, -0.1) is 0 Å². The fourth-order valence-electron chi connectivity index (χ4n) is 14.5. The van der Waals surface area contributed by atoms with Gasteiger partial charge in [0.1, 0.15) is 29.7 Å². The molecule has 11 heteroatoms. The molecule has 7 fully saturated rings. The summed E-state index contributed by atoms with van der Waals surface area (Å²) in [6.45, 7) is 20.7. The molecule has 8 aliphatic carbocycles. The van der Waals surface area contributed by atoms with Gasteiger partial charge in [-0.1, -0.05) is 38.5 Å². The number of fused-ring (bicyclic) bond motifs is 11. The van der Waals surface area contributed by atoms with Crippen molar-refractivity contribution in [1.82, 2.24) is 0 Å². The molecule has 2 spiro atoms. The van der Waals surface area contributed by atoms with Crippen LogP contribution < -0.4 is 0 Å². The normalized spacial score (nSPS) is 48.7. The van der Waals surface area contributed by atoms with Crippen molar-refractivity contribution in [3.8, 4) is 0 Å². The second-order valence-electron chi connectivity index (χ2n) is 18.7. The molecule has 3 aliphatic heterocycles. The smallest absolute Gasteiger partial charge is 0.336 e. The molecule has 3 heterocycles. The molecular weight excluding hydrogens is 716 g/mol. The third kappa shape index (κ3) is 3.62. The van der Waals surface area contributed by atoms with Crippen LogP contribution in [-0.2, 0) is 43.0 Å². The van der Waals surface area contributed by atoms with Gasteiger partial charge in [0.25, 0.3) is 0 Å². The molecule has 56 heavy (non-hydrogen) atoms. The first-order chi connectivity index (χ1) is 26.5. The first-order valence-corrected chi connectivity index (χ1v) is 20.2. The van der Waals surface area contributed by atoms with E-state index in [0.717, 1.165) is 5.57 Å². The third-order valence-corrected chi connectivity index (χ3v) is 17.0. The highest BCUT2D eigenvalue weighted by atomic mass is 16.6. The van der Waals surface area contributed by atoms with Crippen molar-refractivity contribution in [3.63, 3.8) is 0 Å². The Bertz CT molecular complexity index is 2250. The molecule has 0 amide bonds. The van der Waals surface area contributed by atoms with Gasteiger partial charge in [-0.05, 0) is 87.2 Å². The van der Waals surface area contributed by atoms with Crippen molar-refractivity contribution in [3.05, 3.63) is 83.1 Å². The molecule has 11 rings (SSSR count). The van der Waals surface area contributed by atoms with E-state index in [1.54, 1.807) is 0 Å². The van der Waals surface area contributed by atoms with Gasteiger partial charge in [0.15, 0.2) is 11.6 Å². The Hall–Kier alpha value is -4.48. The molecule has 4 saturated carbocycles. The number of carbonyl (C=O) groups excluding carboxylic acids is 6. The van der Waals surface area contributed by atoms with Crippen molar-refractivity contribution < 1.29 is 53.2 Å². The van der Waals surface area contributed by atoms with E-state index < -0.39 is 99.4 Å². The monoisotopic (exact) mass is 760 g/mol. The fourth-order valence-corrected chi connectivity index (χ4v) is 14.5. The first kappa shape index (κ1) is 34.7. The van der Waals surface area contributed by atoms with Crippen LogP contribution in [0.4, 0.5) is 0 Å². The van der Waals surface area contributed by atoms with Crippen molar-refractivity contribution in [1.29, 1.82) is 0 Å². The molecule has 14 atom stereocenters. The number of rotatable bonds is 0. The molecule has 0 radical (unpaired) electrons. The SMILES string of the molecule is C=C1C(=O)C2=C3[C@H](CC[C@H]4C(=C)C(=O)O[C@@H]4[C@@H]13)CC[C@@]21C(=O)C2=C3[C@H]1[C@H]1OC(=O)C(=C)[C@]1(O)CC[C@@]3(O)CC[C@]21C(=O)C[C@H]2C(=C)CC[C@H]3C(=C)C(=O)O[C@@H]3[C@H]21. The Morgan fingerprint density at radius 3 is 2.05 bits per heavy atom. The van der Waals surface area contributed by atoms with Gasteiger partial charge in [0, 0.05) is 63.9 Å². The molecular formula is C45H44O11. The quantitative estimate of drug-likeness (QED) is 0.158. The van der Waals surface area contributed by atoms with Crippen LogP contribution in [0.15, 0.2) is 83.1 Å². The molecule has 11 aliphatic rings. The van der Waals surface area contributed by atoms with E-state index in [4.69, 9.17) is 14.2 Å². The summed E-state index contributed by atoms with van der Waals surface area (Å²) in [7, 11) is 0. The van der Waals surface area contributed by atoms with Crippen molar-refractivity contribution >= 4 is 35.3 Å². The second kappa shape index (κ2) is 10.5. The topological polar surface area (TPSA) is 171 Å². The standard InChI is InChI=1S/C45H44O11/c1-17-6-8-24-19(3)40(50)55-36(24)29-25(17)16-26(46)43(29)14-12-42(52)13-15-45(53)21(5)41(51)56-38(45)33-31(42)32(43)37(48)44(33)11-10-22-7-9-23-18(2)39(49)54-35(23)27-20(4)34(47)30(44)28(22)27/h22-25,27,29,33,35-36,38,52-53H,1-16H2/t22-,23+,24+,25+,27+,29+,33+,35+,36+,38-,42+,43-,44-,45-/m1/s1. The number of hydrogen-bond donors (Lipinski definition) is 2. The van der Waals surface area contributed by atoms with E-state index in [9.17, 15) is 24.6 Å². The zero-order valence-corrected chi connectivity index (χ0v) is 31.2. The summed E-state index contributed by atoms with van der Waals surface area (Å²) in [5, 5.41) is 25.6. The number of ketones is 3. The number of esters is 3. The third-order valence-electron chi connectivity index (χ3n) is 17.0. The summed E-state index contributed by atoms with van der Waals surface area (Å²) in [4.78, 5) is 86.4. The Morgan fingerprint density at radius 1 is 0.643 bits per heavy atom. The molecule has 0 bridgehead atoms. The van der Waals surface area contributed by atoms with Crippen LogP contribution >= 0.6 is 0 Å². The molecule has 11 nitrogen and oxygen atoms in total. The van der Waals surface area contributed by atoms with E-state index >= 15 is 14.4 Å². The number of aliphatic hydroxyl groups is 2. The number of allylic oxidation sites excluding steroid dienone is 3. The molecule has 0 aromatic carbocycles. The molecule has 0 aromatic rings. The van der Waals surface area contributed by atoms with Crippen molar-refractivity contribution in [2.24, 2.45) is 52.3 Å². The number of Topliss-reactive ketones (excluding diaryl/α,β-unsaturated/α-hetero) is 3. The van der Waals surface area contributed by atoms with E-state index in [0.29, 0.717) is 48.8 Å². The molecule has 290 valence electrons. The Kier molecular flexibility index (Phi) is 6.53. The average Bonchev–Trinajstić information content (AvgIpc) is 3.85. The van der Waals surface area contributed by atoms with Crippen LogP contribution in [-0.4, -0.2) is 75.0 Å². The lowest BCUT2D eigenvalue weighted by molar-refractivity contribution is -0.150. The maximum Gasteiger partial charge on any atom is 0.336 e. The van der Waals surface area contributed by atoms with Crippen molar-refractivity contribution in [2.75, 3.05) is 0 Å². The minimum Gasteiger partial charge on any atom is -0.458 e. The van der Waals surface area contributed by atoms with Crippen molar-refractivity contribution in [2.45, 2.75) is 100 Å². The lowest BCUT2D eigenvalue weighted by atomic mass is 9.56. The van der Waals surface area contributed by atoms with Crippen LogP contribution in [0.2, 0.25) is 0 Å². The Balaban J connectivity index is 1.20. The minimum absolute atomic E-state index is 0.0439. The zero-order chi connectivity index (χ0) is 39.3. The summed E-state index contributed by atoms with van der Waals surface area (Å²) >= 11 is 0. The maximum atomic E-state index is 16.4. The predicted molar refractivity (Wildman–Crippen MR) is 194 cm³/mol. The predicted octanol–water partition coefficient (Wildman–Crippen LogP) is 3.99. The lowest BCUT2D eigenvalue weighted by Crippen LogP contribution is -2.53. The molecule has 0 aromatic heterocycles. The van der Waals surface area contributed by atoms with Gasteiger partial charge in [-0.2, -0.15) is 0 Å². The molecule has 2 N–H and O–H groups in total. The summed E-state index contributed by atoms with van der Waals surface area (Å²) in [5.41, 5.74) is -4.33. The zero-order valence-electron chi connectivity index (χ0n) is 31.2. The number of ether oxygens (including phenoxy) is 3. The summed E-state index contributed by atoms with van der Waals surface area (Å²) in [6, 6.07) is 0. The van der Waals surface area contributed by atoms with Gasteiger partial charge in [-0.25, -0.2) is 14.4 Å². The molecule has 0 unspecified atom stereocenters. The van der Waals surface area contributed by atoms with Gasteiger partial charge in [0.05, 0.1) is 22.0 Å². The lowest BCUT2D eigenvalue weighted by Gasteiger charge is -2.47. The van der Waals surface area contributed by atoms with E-state index in [2.05, 4.69) is 32.9 Å². The van der Waals surface area contributed by atoms with Crippen LogP contribution in [0, 0.1) is 52.3 Å². The van der Waals surface area contributed by atoms with E-state index in [1.807, 2.05) is 0 Å². The van der Waals surface area contributed by atoms with E-state index in [-0.39, 0.29) is 84.0 Å². The van der Waals surface area contributed by atoms with Gasteiger partial charge in [0.2, 0.25) is 0 Å². The number of carbonyl (C=O) groups is 6. The highest BCUT2D eigenvalue weighted by Crippen LogP contribution is 2.74. The van der Waals surface area contributed by atoms with E-state index in [1.165, 1.54) is 0 Å². The second-order valence-corrected chi connectivity index (χ2v) is 18.7. The first-order valence-electron chi connectivity index (χ1n) is 20.2. The highest BCUT2D eigenvalue weighted by Gasteiger charge is 2.78. The van der Waals surface area contributed by atoms with Gasteiger partial charge in [-0.3, -0.25) is 14.4 Å². The Labute approximate surface area is 323 Å². The molecule has 3 saturated heterocycles. The van der Waals surface area contributed by atoms with Crippen LogP contribution in [0.1, 0.15) is 70.6 Å². The Morgan fingerprint density at radius 2 is 1.32 bits per heavy atom. The fraction of sp³-hybridized carbons (Fsp3) is 0.556. The van der Waals surface area contributed by atoms with Gasteiger partial charge >= 0.3 is 17.9 Å². The number of hydrogen-bond acceptors (Lipinski definition) is 11. The van der Waals surface area contributed by atoms with Crippen LogP contribution in [0.5, 0.6) is 0 Å². The maximum absolute atomic E-state index is 16.4. The summed E-state index contributed by atoms with van der Waals surface area (Å²) in [5.74, 6) is -7.10. The largest absolute Gasteiger partial charge is 0.458 e. The summed E-state index contributed by atoms with van der Waals surface area (Å²) < 4.78 is 18.2. The van der Waals surface area contributed by atoms with Crippen LogP contribution in [0.3, 0.4) is 0 Å².